The Morgan fingerprint density at radius 2 is 2.03 bits per heavy atom. The molecule has 0 radical (unpaired) electrons. The van der Waals surface area contributed by atoms with E-state index >= 15 is 0 Å². The van der Waals surface area contributed by atoms with E-state index in [9.17, 15) is 8.42 Å². The van der Waals surface area contributed by atoms with E-state index in [2.05, 4.69) is 27.8 Å². The summed E-state index contributed by atoms with van der Waals surface area (Å²) >= 11 is 0. The lowest BCUT2D eigenvalue weighted by Gasteiger charge is -2.40. The fraction of sp³-hybridized carbons (Fsp3) is 0.667. The van der Waals surface area contributed by atoms with Crippen LogP contribution in [-0.2, 0) is 14.6 Å². The molecular formula is C21H33N3O4S. The molecule has 1 aromatic rings. The molecule has 0 saturated heterocycles. The summed E-state index contributed by atoms with van der Waals surface area (Å²) in [6.07, 6.45) is 6.77. The number of rotatable bonds is 8. The van der Waals surface area contributed by atoms with Gasteiger partial charge in [0, 0.05) is 24.8 Å². The standard InChI is InChI=1S/C21H33N3O4S/c1-3-22-20(23-12-13-27-14-15-29(2,25)26)24-18-16-21(10-6-7-11-21)28-19-9-5-4-8-17(18)19/h4-5,8-9,18H,3,6-7,10-16H2,1-2H3,(H2,22,23,24). The largest absolute Gasteiger partial charge is 0.487 e. The summed E-state index contributed by atoms with van der Waals surface area (Å²) in [7, 11) is -2.99. The summed E-state index contributed by atoms with van der Waals surface area (Å²) in [5, 5.41) is 6.89. The lowest BCUT2D eigenvalue weighted by molar-refractivity contribution is 0.0396. The zero-order valence-corrected chi connectivity index (χ0v) is 18.3. The van der Waals surface area contributed by atoms with Crippen LogP contribution in [0.4, 0.5) is 0 Å². The van der Waals surface area contributed by atoms with Crippen molar-refractivity contribution in [2.45, 2.75) is 50.7 Å². The average Bonchev–Trinajstić information content (AvgIpc) is 3.11. The van der Waals surface area contributed by atoms with Gasteiger partial charge in [-0.2, -0.15) is 0 Å². The number of sulfone groups is 1. The molecule has 1 aliphatic carbocycles. The van der Waals surface area contributed by atoms with Crippen LogP contribution in [-0.4, -0.2) is 58.3 Å². The first-order valence-corrected chi connectivity index (χ1v) is 12.6. The van der Waals surface area contributed by atoms with Crippen molar-refractivity contribution in [1.29, 1.82) is 0 Å². The third-order valence-corrected chi connectivity index (χ3v) is 6.38. The molecule has 1 aromatic carbocycles. The van der Waals surface area contributed by atoms with Crippen molar-refractivity contribution in [3.05, 3.63) is 29.8 Å². The van der Waals surface area contributed by atoms with E-state index in [1.165, 1.54) is 24.7 Å². The summed E-state index contributed by atoms with van der Waals surface area (Å²) in [6, 6.07) is 8.39. The maximum absolute atomic E-state index is 11.1. The van der Waals surface area contributed by atoms with Gasteiger partial charge in [-0.1, -0.05) is 18.2 Å². The Morgan fingerprint density at radius 3 is 2.76 bits per heavy atom. The zero-order valence-electron chi connectivity index (χ0n) is 17.4. The van der Waals surface area contributed by atoms with Crippen LogP contribution in [0.25, 0.3) is 0 Å². The van der Waals surface area contributed by atoms with Gasteiger partial charge in [-0.3, -0.25) is 4.99 Å². The van der Waals surface area contributed by atoms with E-state index in [-0.39, 0.29) is 24.0 Å². The predicted molar refractivity (Wildman–Crippen MR) is 115 cm³/mol. The second kappa shape index (κ2) is 9.80. The van der Waals surface area contributed by atoms with E-state index in [0.717, 1.165) is 37.5 Å². The molecule has 29 heavy (non-hydrogen) atoms. The fourth-order valence-electron chi connectivity index (χ4n) is 4.09. The Hall–Kier alpha value is -1.80. The van der Waals surface area contributed by atoms with Gasteiger partial charge in [0.1, 0.15) is 21.2 Å². The molecule has 0 amide bonds. The molecule has 1 atom stereocenters. The van der Waals surface area contributed by atoms with Gasteiger partial charge in [0.25, 0.3) is 0 Å². The molecule has 0 bridgehead atoms. The van der Waals surface area contributed by atoms with E-state index in [1.54, 1.807) is 0 Å². The minimum Gasteiger partial charge on any atom is -0.487 e. The number of hydrogen-bond donors (Lipinski definition) is 2. The Bertz CT molecular complexity index is 804. The van der Waals surface area contributed by atoms with Gasteiger partial charge < -0.3 is 20.1 Å². The molecule has 1 aliphatic heterocycles. The Morgan fingerprint density at radius 1 is 1.28 bits per heavy atom. The Balaban J connectivity index is 1.62. The zero-order chi connectivity index (χ0) is 20.7. The molecule has 1 fully saturated rings. The second-order valence-electron chi connectivity index (χ2n) is 7.93. The lowest BCUT2D eigenvalue weighted by Crippen LogP contribution is -2.46. The first-order valence-electron chi connectivity index (χ1n) is 10.5. The third kappa shape index (κ3) is 6.34. The first kappa shape index (κ1) is 21.9. The van der Waals surface area contributed by atoms with Gasteiger partial charge >= 0.3 is 0 Å². The van der Waals surface area contributed by atoms with Crippen molar-refractivity contribution in [3.63, 3.8) is 0 Å². The number of nitrogens with one attached hydrogen (secondary N) is 2. The maximum atomic E-state index is 11.1. The summed E-state index contributed by atoms with van der Waals surface area (Å²) in [5.41, 5.74) is 1.10. The number of para-hydroxylation sites is 1. The summed E-state index contributed by atoms with van der Waals surface area (Å²) in [5.74, 6) is 1.75. The van der Waals surface area contributed by atoms with Crippen LogP contribution in [0.5, 0.6) is 5.75 Å². The highest BCUT2D eigenvalue weighted by Gasteiger charge is 2.43. The molecule has 1 heterocycles. The van der Waals surface area contributed by atoms with Crippen LogP contribution in [0.2, 0.25) is 0 Å². The van der Waals surface area contributed by atoms with Gasteiger partial charge in [0.05, 0.1) is 31.6 Å². The van der Waals surface area contributed by atoms with Crippen molar-refractivity contribution in [2.75, 3.05) is 38.3 Å². The third-order valence-electron chi connectivity index (χ3n) is 5.47. The monoisotopic (exact) mass is 423 g/mol. The highest BCUT2D eigenvalue weighted by Crippen LogP contribution is 2.46. The van der Waals surface area contributed by atoms with Gasteiger partial charge in [-0.15, -0.1) is 0 Å². The SMILES string of the molecule is CCNC(=NCCOCCS(C)(=O)=O)NC1CC2(CCCC2)Oc2ccccc21. The predicted octanol–water partition coefficient (Wildman–Crippen LogP) is 2.44. The fourth-order valence-corrected chi connectivity index (χ4v) is 4.51. The number of ether oxygens (including phenoxy) is 2. The molecule has 0 aromatic heterocycles. The van der Waals surface area contributed by atoms with Crippen molar-refractivity contribution in [1.82, 2.24) is 10.6 Å². The van der Waals surface area contributed by atoms with Crippen LogP contribution in [0.15, 0.2) is 29.3 Å². The van der Waals surface area contributed by atoms with Crippen molar-refractivity contribution < 1.29 is 17.9 Å². The number of fused-ring (bicyclic) bond motifs is 1. The molecule has 3 rings (SSSR count). The highest BCUT2D eigenvalue weighted by atomic mass is 32.2. The van der Waals surface area contributed by atoms with Crippen LogP contribution in [0.3, 0.4) is 0 Å². The maximum Gasteiger partial charge on any atom is 0.191 e. The van der Waals surface area contributed by atoms with Crippen LogP contribution in [0.1, 0.15) is 50.6 Å². The minimum absolute atomic E-state index is 0.0377. The molecule has 1 unspecified atom stereocenters. The molecule has 2 N–H and O–H groups in total. The average molecular weight is 424 g/mol. The highest BCUT2D eigenvalue weighted by molar-refractivity contribution is 7.90. The topological polar surface area (TPSA) is 89.0 Å². The quantitative estimate of drug-likeness (QED) is 0.379. The van der Waals surface area contributed by atoms with Crippen molar-refractivity contribution in [2.24, 2.45) is 4.99 Å². The van der Waals surface area contributed by atoms with Crippen LogP contribution >= 0.6 is 0 Å². The number of benzene rings is 1. The van der Waals surface area contributed by atoms with Gasteiger partial charge in [-0.05, 0) is 38.7 Å². The van der Waals surface area contributed by atoms with E-state index < -0.39 is 9.84 Å². The molecular weight excluding hydrogens is 390 g/mol. The van der Waals surface area contributed by atoms with E-state index in [1.807, 2.05) is 19.1 Å². The van der Waals surface area contributed by atoms with Gasteiger partial charge in [0.2, 0.25) is 0 Å². The van der Waals surface area contributed by atoms with Gasteiger partial charge in [0.15, 0.2) is 5.96 Å². The number of aliphatic imine (C=N–C) groups is 1. The molecule has 8 heteroatoms. The Kier molecular flexibility index (Phi) is 7.40. The second-order valence-corrected chi connectivity index (χ2v) is 10.2. The van der Waals surface area contributed by atoms with E-state index in [0.29, 0.717) is 13.2 Å². The smallest absolute Gasteiger partial charge is 0.191 e. The van der Waals surface area contributed by atoms with Crippen LogP contribution in [0, 0.1) is 0 Å². The van der Waals surface area contributed by atoms with Crippen molar-refractivity contribution in [3.8, 4) is 5.75 Å². The summed E-state index contributed by atoms with van der Waals surface area (Å²) in [4.78, 5) is 4.61. The van der Waals surface area contributed by atoms with E-state index in [4.69, 9.17) is 9.47 Å². The molecule has 1 spiro atoms. The minimum atomic E-state index is -2.99. The molecule has 1 saturated carbocycles. The number of nitrogens with zero attached hydrogens (tertiary/aromatic N) is 1. The van der Waals surface area contributed by atoms with Crippen molar-refractivity contribution >= 4 is 15.8 Å². The normalized spacial score (nSPS) is 20.9. The number of guanidine groups is 1. The van der Waals surface area contributed by atoms with Gasteiger partial charge in [-0.25, -0.2) is 8.42 Å². The molecule has 162 valence electrons. The molecule has 7 nitrogen and oxygen atoms in total. The number of hydrogen-bond acceptors (Lipinski definition) is 5. The summed E-state index contributed by atoms with van der Waals surface area (Å²) < 4.78 is 34.1. The van der Waals surface area contributed by atoms with Crippen LogP contribution < -0.4 is 15.4 Å². The lowest BCUT2D eigenvalue weighted by atomic mass is 9.86. The summed E-state index contributed by atoms with van der Waals surface area (Å²) in [6.45, 7) is 3.86. The Labute approximate surface area is 174 Å². The molecule has 2 aliphatic rings. The first-order chi connectivity index (χ1) is 13.9.